The van der Waals surface area contributed by atoms with Crippen molar-refractivity contribution < 1.29 is 12.8 Å². The molecule has 0 unspecified atom stereocenters. The maximum absolute atomic E-state index is 11.5. The Labute approximate surface area is 119 Å². The molecule has 0 aliphatic carbocycles. The smallest absolute Gasteiger partial charge is 0.201 e. The van der Waals surface area contributed by atoms with Crippen LogP contribution in [0.2, 0.25) is 0 Å². The van der Waals surface area contributed by atoms with Crippen molar-refractivity contribution in [2.24, 2.45) is 0 Å². The van der Waals surface area contributed by atoms with Gasteiger partial charge < -0.3 is 10.2 Å². The number of sulfone groups is 1. The van der Waals surface area contributed by atoms with E-state index >= 15 is 0 Å². The van der Waals surface area contributed by atoms with Crippen LogP contribution in [0.5, 0.6) is 0 Å². The first-order valence-corrected chi connectivity index (χ1v) is 8.48. The summed E-state index contributed by atoms with van der Waals surface area (Å²) in [5, 5.41) is 2.34. The van der Waals surface area contributed by atoms with Crippen LogP contribution in [0.3, 0.4) is 0 Å². The van der Waals surface area contributed by atoms with Crippen LogP contribution in [-0.4, -0.2) is 24.6 Å². The molecular weight excluding hydrogens is 298 g/mol. The van der Waals surface area contributed by atoms with Gasteiger partial charge in [-0.1, -0.05) is 0 Å². The molecule has 0 saturated heterocycles. The maximum Gasteiger partial charge on any atom is 0.201 e. The van der Waals surface area contributed by atoms with E-state index in [4.69, 9.17) is 10.2 Å². The predicted molar refractivity (Wildman–Crippen MR) is 76.5 cm³/mol. The molecule has 2 aromatic heterocycles. The lowest BCUT2D eigenvalue weighted by Gasteiger charge is -1.95. The molecule has 0 aliphatic rings. The largest absolute Gasteiger partial charge is 0.440 e. The van der Waals surface area contributed by atoms with Crippen LogP contribution < -0.4 is 5.73 Å². The SMILES string of the molecule is CS(=O)(=O)c1ccc2oc(Cc3csc(N)n3)nc2c1. The van der Waals surface area contributed by atoms with Crippen LogP contribution in [0.1, 0.15) is 11.6 Å². The number of rotatable bonds is 3. The molecule has 104 valence electrons. The number of hydrogen-bond acceptors (Lipinski definition) is 7. The minimum Gasteiger partial charge on any atom is -0.440 e. The predicted octanol–water partition coefficient (Wildman–Crippen LogP) is 1.86. The Morgan fingerprint density at radius 1 is 1.35 bits per heavy atom. The molecule has 8 heteroatoms. The number of nitrogen functional groups attached to an aromatic ring is 1. The molecule has 2 heterocycles. The van der Waals surface area contributed by atoms with Gasteiger partial charge in [-0.25, -0.2) is 18.4 Å². The third-order valence-electron chi connectivity index (χ3n) is 2.73. The van der Waals surface area contributed by atoms with Gasteiger partial charge in [-0.05, 0) is 18.2 Å². The number of hydrogen-bond donors (Lipinski definition) is 1. The van der Waals surface area contributed by atoms with E-state index in [1.807, 2.05) is 5.38 Å². The van der Waals surface area contributed by atoms with Gasteiger partial charge >= 0.3 is 0 Å². The lowest BCUT2D eigenvalue weighted by Crippen LogP contribution is -1.96. The highest BCUT2D eigenvalue weighted by atomic mass is 32.2. The van der Waals surface area contributed by atoms with Crippen LogP contribution in [0.4, 0.5) is 5.13 Å². The van der Waals surface area contributed by atoms with Gasteiger partial charge in [0.15, 0.2) is 20.6 Å². The van der Waals surface area contributed by atoms with Gasteiger partial charge in [0.1, 0.15) is 5.52 Å². The molecule has 0 saturated carbocycles. The molecule has 0 aliphatic heterocycles. The van der Waals surface area contributed by atoms with Crippen molar-refractivity contribution in [1.29, 1.82) is 0 Å². The third-order valence-corrected chi connectivity index (χ3v) is 4.57. The summed E-state index contributed by atoms with van der Waals surface area (Å²) in [6.45, 7) is 0. The lowest BCUT2D eigenvalue weighted by molar-refractivity contribution is 0.542. The standard InChI is InChI=1S/C12H11N3O3S2/c1-20(16,17)8-2-3-10-9(5-8)15-11(18-10)4-7-6-19-12(13)14-7/h2-3,5-6H,4H2,1H3,(H2,13,14). The Morgan fingerprint density at radius 2 is 2.15 bits per heavy atom. The fourth-order valence-electron chi connectivity index (χ4n) is 1.82. The normalized spacial score (nSPS) is 12.1. The number of benzene rings is 1. The molecule has 0 atom stereocenters. The summed E-state index contributed by atoms with van der Waals surface area (Å²) in [5.74, 6) is 0.482. The van der Waals surface area contributed by atoms with E-state index in [1.165, 1.54) is 23.5 Å². The summed E-state index contributed by atoms with van der Waals surface area (Å²) in [4.78, 5) is 8.64. The lowest BCUT2D eigenvalue weighted by atomic mass is 10.3. The zero-order valence-corrected chi connectivity index (χ0v) is 12.2. The van der Waals surface area contributed by atoms with E-state index in [-0.39, 0.29) is 4.90 Å². The molecule has 3 rings (SSSR count). The highest BCUT2D eigenvalue weighted by Crippen LogP contribution is 2.22. The number of nitrogens with two attached hydrogens (primary N) is 1. The van der Waals surface area contributed by atoms with Crippen LogP contribution >= 0.6 is 11.3 Å². The Kier molecular flexibility index (Phi) is 2.98. The number of fused-ring (bicyclic) bond motifs is 1. The average molecular weight is 309 g/mol. The molecule has 2 N–H and O–H groups in total. The third kappa shape index (κ3) is 2.52. The van der Waals surface area contributed by atoms with E-state index in [2.05, 4.69) is 9.97 Å². The highest BCUT2D eigenvalue weighted by Gasteiger charge is 2.12. The summed E-state index contributed by atoms with van der Waals surface area (Å²) in [5.41, 5.74) is 7.42. The monoisotopic (exact) mass is 309 g/mol. The number of anilines is 1. The topological polar surface area (TPSA) is 99.1 Å². The molecule has 1 aromatic carbocycles. The van der Waals surface area contributed by atoms with Crippen molar-refractivity contribution in [3.05, 3.63) is 35.2 Å². The molecule has 20 heavy (non-hydrogen) atoms. The second-order valence-corrected chi connectivity index (χ2v) is 7.27. The highest BCUT2D eigenvalue weighted by molar-refractivity contribution is 7.90. The molecular formula is C12H11N3O3S2. The second kappa shape index (κ2) is 4.57. The van der Waals surface area contributed by atoms with Gasteiger partial charge in [-0.3, -0.25) is 0 Å². The van der Waals surface area contributed by atoms with Crippen molar-refractivity contribution in [3.8, 4) is 0 Å². The average Bonchev–Trinajstić information content (AvgIpc) is 2.93. The molecule has 0 radical (unpaired) electrons. The summed E-state index contributed by atoms with van der Waals surface area (Å²) in [7, 11) is -3.25. The first-order valence-electron chi connectivity index (χ1n) is 5.71. The quantitative estimate of drug-likeness (QED) is 0.792. The first kappa shape index (κ1) is 13.1. The Morgan fingerprint density at radius 3 is 2.80 bits per heavy atom. The Balaban J connectivity index is 1.98. The van der Waals surface area contributed by atoms with Crippen molar-refractivity contribution in [2.75, 3.05) is 12.0 Å². The molecule has 6 nitrogen and oxygen atoms in total. The van der Waals surface area contributed by atoms with E-state index in [1.54, 1.807) is 6.07 Å². The van der Waals surface area contributed by atoms with E-state index in [0.29, 0.717) is 28.5 Å². The number of aromatic nitrogens is 2. The summed E-state index contributed by atoms with van der Waals surface area (Å²) in [6, 6.07) is 4.62. The van der Waals surface area contributed by atoms with Crippen LogP contribution in [0.25, 0.3) is 11.1 Å². The minimum absolute atomic E-state index is 0.225. The molecule has 0 bridgehead atoms. The maximum atomic E-state index is 11.5. The van der Waals surface area contributed by atoms with E-state index in [0.717, 1.165) is 11.9 Å². The summed E-state index contributed by atoms with van der Waals surface area (Å²) < 4.78 is 28.6. The van der Waals surface area contributed by atoms with Crippen molar-refractivity contribution in [3.63, 3.8) is 0 Å². The second-order valence-electron chi connectivity index (χ2n) is 4.36. The number of thiazole rings is 1. The number of oxazole rings is 1. The Hall–Kier alpha value is -1.93. The first-order chi connectivity index (χ1) is 9.41. The van der Waals surface area contributed by atoms with Gasteiger partial charge in [0, 0.05) is 11.6 Å². The van der Waals surface area contributed by atoms with Crippen LogP contribution in [-0.2, 0) is 16.3 Å². The van der Waals surface area contributed by atoms with Crippen LogP contribution in [0, 0.1) is 0 Å². The van der Waals surface area contributed by atoms with Gasteiger partial charge in [-0.2, -0.15) is 0 Å². The van der Waals surface area contributed by atoms with Gasteiger partial charge in [0.2, 0.25) is 5.89 Å². The molecule has 0 spiro atoms. The van der Waals surface area contributed by atoms with Crippen LogP contribution in [0.15, 0.2) is 32.9 Å². The van der Waals surface area contributed by atoms with E-state index in [9.17, 15) is 8.42 Å². The van der Waals surface area contributed by atoms with Gasteiger partial charge in [-0.15, -0.1) is 11.3 Å². The minimum atomic E-state index is -3.25. The fraction of sp³-hybridized carbons (Fsp3) is 0.167. The fourth-order valence-corrected chi connectivity index (χ4v) is 3.02. The molecule has 0 fully saturated rings. The van der Waals surface area contributed by atoms with Crippen molar-refractivity contribution in [1.82, 2.24) is 9.97 Å². The number of nitrogens with zero attached hydrogens (tertiary/aromatic N) is 2. The van der Waals surface area contributed by atoms with E-state index < -0.39 is 9.84 Å². The van der Waals surface area contributed by atoms with Gasteiger partial charge in [0.25, 0.3) is 0 Å². The van der Waals surface area contributed by atoms with Gasteiger partial charge in [0.05, 0.1) is 17.0 Å². The Bertz CT molecular complexity index is 880. The van der Waals surface area contributed by atoms with Crippen molar-refractivity contribution >= 4 is 37.4 Å². The summed E-state index contributed by atoms with van der Waals surface area (Å²) in [6.07, 6.45) is 1.59. The zero-order valence-electron chi connectivity index (χ0n) is 10.5. The molecule has 0 amide bonds. The zero-order chi connectivity index (χ0) is 14.3. The molecule has 3 aromatic rings. The van der Waals surface area contributed by atoms with Crippen molar-refractivity contribution in [2.45, 2.75) is 11.3 Å². The summed E-state index contributed by atoms with van der Waals surface area (Å²) >= 11 is 1.35.